The highest BCUT2D eigenvalue weighted by atomic mass is 16.2. The van der Waals surface area contributed by atoms with Gasteiger partial charge in [-0.25, -0.2) is 4.98 Å². The molecule has 0 unspecified atom stereocenters. The highest BCUT2D eigenvalue weighted by Gasteiger charge is 2.35. The molecule has 236 valence electrons. The molecule has 3 heterocycles. The Balaban J connectivity index is 0.996. The van der Waals surface area contributed by atoms with Gasteiger partial charge in [0.05, 0.1) is 11.0 Å². The summed E-state index contributed by atoms with van der Waals surface area (Å²) in [5, 5.41) is 5.95. The lowest BCUT2D eigenvalue weighted by molar-refractivity contribution is -0.120. The zero-order valence-corrected chi connectivity index (χ0v) is 25.7. The molecule has 0 spiro atoms. The summed E-state index contributed by atoms with van der Waals surface area (Å²) in [7, 11) is 0. The average molecular weight is 627 g/mol. The second kappa shape index (κ2) is 12.9. The summed E-state index contributed by atoms with van der Waals surface area (Å²) >= 11 is 0. The maximum atomic E-state index is 13.3. The van der Waals surface area contributed by atoms with Crippen molar-refractivity contribution in [1.29, 1.82) is 0 Å². The van der Waals surface area contributed by atoms with Crippen molar-refractivity contribution >= 4 is 46.0 Å². The third-order valence-corrected chi connectivity index (χ3v) is 8.85. The number of likely N-dealkylation sites (tertiary alicyclic amines) is 2. The number of nitrogens with zero attached hydrogens (tertiary/aromatic N) is 3. The van der Waals surface area contributed by atoms with Gasteiger partial charge in [-0.2, -0.15) is 0 Å². The minimum atomic E-state index is -0.532. The van der Waals surface area contributed by atoms with Gasteiger partial charge in [0.25, 0.3) is 11.8 Å². The lowest BCUT2D eigenvalue weighted by Gasteiger charge is -2.24. The number of aromatic amines is 1. The van der Waals surface area contributed by atoms with Gasteiger partial charge < -0.3 is 25.4 Å². The van der Waals surface area contributed by atoms with Gasteiger partial charge in [0.2, 0.25) is 11.8 Å². The molecule has 5 aromatic rings. The fourth-order valence-electron chi connectivity index (χ4n) is 6.44. The third kappa shape index (κ3) is 6.22. The van der Waals surface area contributed by atoms with Gasteiger partial charge in [-0.15, -0.1) is 0 Å². The van der Waals surface area contributed by atoms with Crippen molar-refractivity contribution in [2.45, 2.75) is 37.8 Å². The summed E-state index contributed by atoms with van der Waals surface area (Å²) < 4.78 is 0. The SMILES string of the molecule is O=C(Nc1ccc(-c2nc3ccc(NC(=O)[C@@H]4CCCN4C(=O)c4ccccc4)cc3[nH]2)cc1)[C@@H]1CCCN1C(=O)c1ccccc1. The molecule has 4 amide bonds. The van der Waals surface area contributed by atoms with Crippen molar-refractivity contribution in [3.63, 3.8) is 0 Å². The molecule has 10 heteroatoms. The molecule has 2 fully saturated rings. The predicted molar refractivity (Wildman–Crippen MR) is 180 cm³/mol. The molecule has 10 nitrogen and oxygen atoms in total. The normalized spacial score (nSPS) is 17.5. The van der Waals surface area contributed by atoms with E-state index >= 15 is 0 Å². The number of nitrogens with one attached hydrogen (secondary N) is 3. The van der Waals surface area contributed by atoms with E-state index in [4.69, 9.17) is 4.98 Å². The second-order valence-corrected chi connectivity index (χ2v) is 11.9. The Morgan fingerprint density at radius 3 is 1.70 bits per heavy atom. The number of hydrogen-bond acceptors (Lipinski definition) is 5. The van der Waals surface area contributed by atoms with Crippen molar-refractivity contribution < 1.29 is 19.2 Å². The molecule has 2 saturated heterocycles. The average Bonchev–Trinajstić information content (AvgIpc) is 3.89. The summed E-state index contributed by atoms with van der Waals surface area (Å²) in [5.41, 5.74) is 4.71. The van der Waals surface area contributed by atoms with Gasteiger partial charge in [-0.3, -0.25) is 19.2 Å². The molecular weight excluding hydrogens is 592 g/mol. The zero-order chi connectivity index (χ0) is 32.3. The number of benzene rings is 4. The third-order valence-electron chi connectivity index (χ3n) is 8.85. The molecule has 4 aromatic carbocycles. The summed E-state index contributed by atoms with van der Waals surface area (Å²) in [6.45, 7) is 1.10. The summed E-state index contributed by atoms with van der Waals surface area (Å²) in [6.07, 6.45) is 2.78. The van der Waals surface area contributed by atoms with Crippen LogP contribution in [0.25, 0.3) is 22.4 Å². The van der Waals surface area contributed by atoms with Crippen LogP contribution in [0.5, 0.6) is 0 Å². The minimum Gasteiger partial charge on any atom is -0.338 e. The van der Waals surface area contributed by atoms with E-state index in [1.165, 1.54) is 0 Å². The Labute approximate surface area is 271 Å². The minimum absolute atomic E-state index is 0.134. The Morgan fingerprint density at radius 2 is 1.15 bits per heavy atom. The first-order valence-corrected chi connectivity index (χ1v) is 15.9. The molecule has 47 heavy (non-hydrogen) atoms. The van der Waals surface area contributed by atoms with Crippen LogP contribution in [0.4, 0.5) is 11.4 Å². The number of amides is 4. The molecule has 0 saturated carbocycles. The first-order valence-electron chi connectivity index (χ1n) is 15.9. The van der Waals surface area contributed by atoms with Gasteiger partial charge in [0.1, 0.15) is 17.9 Å². The first kappa shape index (κ1) is 29.9. The van der Waals surface area contributed by atoms with E-state index in [9.17, 15) is 19.2 Å². The van der Waals surface area contributed by atoms with Crippen molar-refractivity contribution in [3.05, 3.63) is 114 Å². The highest BCUT2D eigenvalue weighted by molar-refractivity contribution is 6.03. The molecule has 0 radical (unpaired) electrons. The topological polar surface area (TPSA) is 128 Å². The zero-order valence-electron chi connectivity index (χ0n) is 25.7. The molecule has 2 aliphatic heterocycles. The van der Waals surface area contributed by atoms with Gasteiger partial charge in [-0.1, -0.05) is 36.4 Å². The van der Waals surface area contributed by atoms with E-state index in [0.717, 1.165) is 29.4 Å². The molecule has 1 aromatic heterocycles. The van der Waals surface area contributed by atoms with Gasteiger partial charge in [0, 0.05) is 41.2 Å². The Hall–Kier alpha value is -5.77. The van der Waals surface area contributed by atoms with Crippen LogP contribution in [-0.2, 0) is 9.59 Å². The summed E-state index contributed by atoms with van der Waals surface area (Å²) in [5.74, 6) is -0.0464. The second-order valence-electron chi connectivity index (χ2n) is 11.9. The summed E-state index contributed by atoms with van der Waals surface area (Å²) in [4.78, 5) is 63.8. The van der Waals surface area contributed by atoms with Gasteiger partial charge in [0.15, 0.2) is 0 Å². The van der Waals surface area contributed by atoms with E-state index in [1.54, 1.807) is 40.1 Å². The smallest absolute Gasteiger partial charge is 0.254 e. The van der Waals surface area contributed by atoms with Crippen LogP contribution in [-0.4, -0.2) is 68.6 Å². The fraction of sp³-hybridized carbons (Fsp3) is 0.216. The number of carbonyl (C=O) groups is 4. The largest absolute Gasteiger partial charge is 0.338 e. The van der Waals surface area contributed by atoms with Crippen LogP contribution in [0.3, 0.4) is 0 Å². The van der Waals surface area contributed by atoms with Crippen molar-refractivity contribution in [1.82, 2.24) is 19.8 Å². The molecule has 0 aliphatic carbocycles. The molecule has 7 rings (SSSR count). The maximum absolute atomic E-state index is 13.3. The van der Waals surface area contributed by atoms with Gasteiger partial charge >= 0.3 is 0 Å². The number of hydrogen-bond donors (Lipinski definition) is 3. The number of anilines is 2. The lowest BCUT2D eigenvalue weighted by Crippen LogP contribution is -2.43. The van der Waals surface area contributed by atoms with Crippen LogP contribution in [0.1, 0.15) is 46.4 Å². The maximum Gasteiger partial charge on any atom is 0.254 e. The quantitative estimate of drug-likeness (QED) is 0.213. The standard InChI is InChI=1S/C37H34N6O4/c44-34(31-13-7-21-42(31)36(46)25-9-3-1-4-10-25)38-27-17-15-24(16-18-27)33-40-29-20-19-28(23-30(29)41-33)39-35(45)32-14-8-22-43(32)37(47)26-11-5-2-6-12-26/h1-6,9-12,15-20,23,31-32H,7-8,13-14,21-22H2,(H,38,44)(H,39,45)(H,40,41)/t31-,32-/m0/s1. The van der Waals surface area contributed by atoms with Crippen LogP contribution < -0.4 is 10.6 Å². The van der Waals surface area contributed by atoms with Crippen molar-refractivity contribution in [3.8, 4) is 11.4 Å². The number of rotatable bonds is 7. The van der Waals surface area contributed by atoms with E-state index in [2.05, 4.69) is 15.6 Å². The number of aromatic nitrogens is 2. The van der Waals surface area contributed by atoms with E-state index < -0.39 is 12.1 Å². The van der Waals surface area contributed by atoms with Crippen molar-refractivity contribution in [2.24, 2.45) is 0 Å². The van der Waals surface area contributed by atoms with Crippen LogP contribution in [0, 0.1) is 0 Å². The molecule has 0 bridgehead atoms. The van der Waals surface area contributed by atoms with Crippen LogP contribution in [0.2, 0.25) is 0 Å². The first-order chi connectivity index (χ1) is 22.9. The van der Waals surface area contributed by atoms with E-state index in [1.807, 2.05) is 72.8 Å². The summed E-state index contributed by atoms with van der Waals surface area (Å²) in [6, 6.07) is 29.9. The molecule has 2 aliphatic rings. The monoisotopic (exact) mass is 626 g/mol. The van der Waals surface area contributed by atoms with E-state index in [-0.39, 0.29) is 23.6 Å². The Morgan fingerprint density at radius 1 is 0.638 bits per heavy atom. The number of fused-ring (bicyclic) bond motifs is 1. The van der Waals surface area contributed by atoms with Gasteiger partial charge in [-0.05, 0) is 92.4 Å². The van der Waals surface area contributed by atoms with Crippen molar-refractivity contribution in [2.75, 3.05) is 23.7 Å². The molecule has 3 N–H and O–H groups in total. The van der Waals surface area contributed by atoms with Crippen LogP contribution >= 0.6 is 0 Å². The Bertz CT molecular complexity index is 1940. The number of carbonyl (C=O) groups excluding carboxylic acids is 4. The fourth-order valence-corrected chi connectivity index (χ4v) is 6.44. The number of imidazole rings is 1. The lowest BCUT2D eigenvalue weighted by atomic mass is 10.1. The highest BCUT2D eigenvalue weighted by Crippen LogP contribution is 2.27. The van der Waals surface area contributed by atoms with E-state index in [0.29, 0.717) is 54.3 Å². The molecular formula is C37H34N6O4. The Kier molecular flexibility index (Phi) is 8.22. The molecule has 2 atom stereocenters. The number of H-pyrrole nitrogens is 1. The van der Waals surface area contributed by atoms with Crippen LogP contribution in [0.15, 0.2) is 103 Å². The predicted octanol–water partition coefficient (Wildman–Crippen LogP) is 5.72.